The molecule has 0 atom stereocenters. The van der Waals surface area contributed by atoms with Crippen molar-refractivity contribution in [2.45, 2.75) is 0 Å². The van der Waals surface area contributed by atoms with Crippen molar-refractivity contribution in [1.82, 2.24) is 4.57 Å². The zero-order valence-electron chi connectivity index (χ0n) is 22.9. The van der Waals surface area contributed by atoms with E-state index in [1.165, 1.54) is 91.5 Å². The third kappa shape index (κ3) is 2.61. The van der Waals surface area contributed by atoms with Gasteiger partial charge in [0.1, 0.15) is 11.2 Å². The molecule has 7 aromatic carbocycles. The average Bonchev–Trinajstić information content (AvgIpc) is 3.80. The largest absolute Gasteiger partial charge is 0.455 e. The molecule has 198 valence electrons. The Balaban J connectivity index is 1.43. The molecule has 2 nitrogen and oxygen atoms in total. The summed E-state index contributed by atoms with van der Waals surface area (Å²) in [5.74, 6) is 0. The smallest absolute Gasteiger partial charge is 0.146 e. The number of rotatable bonds is 1. The third-order valence-electron chi connectivity index (χ3n) is 9.52. The molecule has 0 unspecified atom stereocenters. The summed E-state index contributed by atoms with van der Waals surface area (Å²) >= 11 is 1.88. The zero-order chi connectivity index (χ0) is 27.8. The number of aromatic nitrogens is 1. The molecule has 0 radical (unpaired) electrons. The molecule has 3 heteroatoms. The van der Waals surface area contributed by atoms with Gasteiger partial charge in [-0.2, -0.15) is 0 Å². The Morgan fingerprint density at radius 3 is 2.02 bits per heavy atom. The number of nitrogens with zero attached hydrogens (tertiary/aromatic N) is 1. The maximum atomic E-state index is 6.80. The van der Waals surface area contributed by atoms with Crippen molar-refractivity contribution >= 4 is 86.0 Å². The highest BCUT2D eigenvalue weighted by Gasteiger charge is 2.27. The third-order valence-corrected chi connectivity index (χ3v) is 10.7. The van der Waals surface area contributed by atoms with Crippen LogP contribution in [0.2, 0.25) is 0 Å². The van der Waals surface area contributed by atoms with Crippen LogP contribution >= 0.6 is 11.3 Å². The molecule has 3 heterocycles. The molecule has 0 spiro atoms. The van der Waals surface area contributed by atoms with Crippen LogP contribution in [0.25, 0.3) is 103 Å². The first-order valence-corrected chi connectivity index (χ1v) is 15.5. The van der Waals surface area contributed by atoms with Gasteiger partial charge in [-0.1, -0.05) is 103 Å². The van der Waals surface area contributed by atoms with E-state index in [9.17, 15) is 0 Å². The van der Waals surface area contributed by atoms with Crippen molar-refractivity contribution in [3.63, 3.8) is 0 Å². The maximum absolute atomic E-state index is 6.80. The molecule has 0 amide bonds. The second-order valence-corrected chi connectivity index (χ2v) is 12.6. The fourth-order valence-electron chi connectivity index (χ4n) is 7.85. The Morgan fingerprint density at radius 1 is 0.465 bits per heavy atom. The van der Waals surface area contributed by atoms with Crippen LogP contribution in [0.5, 0.6) is 0 Å². The molecule has 11 rings (SSSR count). The van der Waals surface area contributed by atoms with Gasteiger partial charge in [0.25, 0.3) is 0 Å². The number of para-hydroxylation sites is 2. The quantitative estimate of drug-likeness (QED) is 0.194. The van der Waals surface area contributed by atoms with Crippen LogP contribution in [0.1, 0.15) is 0 Å². The summed E-state index contributed by atoms with van der Waals surface area (Å²) < 4.78 is 11.9. The van der Waals surface area contributed by atoms with Gasteiger partial charge in [-0.15, -0.1) is 11.3 Å². The minimum absolute atomic E-state index is 0.934. The van der Waals surface area contributed by atoms with E-state index in [0.717, 1.165) is 11.2 Å². The molecule has 43 heavy (non-hydrogen) atoms. The van der Waals surface area contributed by atoms with Crippen molar-refractivity contribution < 1.29 is 4.42 Å². The van der Waals surface area contributed by atoms with Gasteiger partial charge in [-0.3, -0.25) is 0 Å². The molecule has 1 aliphatic carbocycles. The van der Waals surface area contributed by atoms with Crippen molar-refractivity contribution in [2.75, 3.05) is 0 Å². The fraction of sp³-hybridized carbons (Fsp3) is 0. The summed E-state index contributed by atoms with van der Waals surface area (Å²) in [6.45, 7) is 0. The minimum Gasteiger partial charge on any atom is -0.455 e. The lowest BCUT2D eigenvalue weighted by atomic mass is 10.0. The minimum atomic E-state index is 0.934. The monoisotopic (exact) mass is 563 g/mol. The molecule has 0 N–H and O–H groups in total. The van der Waals surface area contributed by atoms with Gasteiger partial charge in [0.15, 0.2) is 0 Å². The normalized spacial score (nSPS) is 12.7. The lowest BCUT2D eigenvalue weighted by Gasteiger charge is -2.14. The SMILES string of the molecule is c1ccc2c(c1)-c1cccc3c(-n4c5ccccc5c5c6oc7ccccc7c6c6sc7ccccc7c6c54)ccc-2c13. The van der Waals surface area contributed by atoms with Crippen molar-refractivity contribution in [1.29, 1.82) is 0 Å². The summed E-state index contributed by atoms with van der Waals surface area (Å²) in [6.07, 6.45) is 0. The Hall–Kier alpha value is -5.38. The van der Waals surface area contributed by atoms with Crippen LogP contribution in [0.4, 0.5) is 0 Å². The van der Waals surface area contributed by atoms with Gasteiger partial charge in [-0.05, 0) is 51.9 Å². The van der Waals surface area contributed by atoms with Crippen LogP contribution in [0.15, 0.2) is 132 Å². The topological polar surface area (TPSA) is 18.1 Å². The summed E-state index contributed by atoms with van der Waals surface area (Å²) in [5.41, 5.74) is 10.8. The van der Waals surface area contributed by atoms with E-state index in [-0.39, 0.29) is 0 Å². The van der Waals surface area contributed by atoms with Crippen LogP contribution in [0, 0.1) is 0 Å². The van der Waals surface area contributed by atoms with E-state index in [1.807, 2.05) is 11.3 Å². The number of furan rings is 1. The van der Waals surface area contributed by atoms with Gasteiger partial charge in [0.05, 0.1) is 22.1 Å². The summed E-state index contributed by atoms with van der Waals surface area (Å²) in [4.78, 5) is 0. The second kappa shape index (κ2) is 7.71. The first kappa shape index (κ1) is 22.2. The predicted molar refractivity (Wildman–Crippen MR) is 183 cm³/mol. The highest BCUT2D eigenvalue weighted by atomic mass is 32.1. The molecule has 0 saturated heterocycles. The predicted octanol–water partition coefficient (Wildman–Crippen LogP) is 11.9. The maximum Gasteiger partial charge on any atom is 0.146 e. The number of thiophene rings is 1. The van der Waals surface area contributed by atoms with Crippen molar-refractivity contribution in [3.05, 3.63) is 127 Å². The number of fused-ring (bicyclic) bond motifs is 15. The lowest BCUT2D eigenvalue weighted by molar-refractivity contribution is 0.673. The van der Waals surface area contributed by atoms with Gasteiger partial charge in [-0.25, -0.2) is 0 Å². The van der Waals surface area contributed by atoms with Crippen LogP contribution < -0.4 is 0 Å². The Kier molecular flexibility index (Phi) is 3.99. The average molecular weight is 564 g/mol. The fourth-order valence-corrected chi connectivity index (χ4v) is 9.11. The molecule has 0 aliphatic heterocycles. The Bertz CT molecular complexity index is 2780. The van der Waals surface area contributed by atoms with Gasteiger partial charge < -0.3 is 8.98 Å². The zero-order valence-corrected chi connectivity index (χ0v) is 23.7. The van der Waals surface area contributed by atoms with Crippen molar-refractivity contribution in [3.8, 4) is 27.9 Å². The first-order valence-electron chi connectivity index (χ1n) is 14.7. The van der Waals surface area contributed by atoms with Gasteiger partial charge in [0, 0.05) is 41.7 Å². The lowest BCUT2D eigenvalue weighted by Crippen LogP contribution is -1.96. The van der Waals surface area contributed by atoms with E-state index in [2.05, 4.69) is 132 Å². The molecule has 0 fully saturated rings. The van der Waals surface area contributed by atoms with Crippen LogP contribution in [-0.4, -0.2) is 4.57 Å². The van der Waals surface area contributed by atoms with Gasteiger partial charge in [0.2, 0.25) is 0 Å². The van der Waals surface area contributed by atoms with E-state index < -0.39 is 0 Å². The second-order valence-electron chi connectivity index (χ2n) is 11.6. The summed E-state index contributed by atoms with van der Waals surface area (Å²) in [7, 11) is 0. The molecular formula is C40H21NOS. The van der Waals surface area contributed by atoms with Gasteiger partial charge >= 0.3 is 0 Å². The van der Waals surface area contributed by atoms with Crippen LogP contribution in [-0.2, 0) is 0 Å². The van der Waals surface area contributed by atoms with Crippen LogP contribution in [0.3, 0.4) is 0 Å². The van der Waals surface area contributed by atoms with E-state index >= 15 is 0 Å². The standard InChI is InChI=1S/C40H21NOS/c1-2-11-23-22(10-1)24-15-9-16-26-31(21-20-25(23)34(24)26)41-30-17-6-3-12-27(30)35-38(41)36-29-14-5-8-19-33(29)43-40(36)37-28-13-4-7-18-32(28)42-39(35)37/h1-21H. The Morgan fingerprint density at radius 2 is 1.14 bits per heavy atom. The molecule has 3 aromatic heterocycles. The summed E-state index contributed by atoms with van der Waals surface area (Å²) in [5, 5.41) is 10.00. The molecular weight excluding hydrogens is 543 g/mol. The Labute approximate surface area is 249 Å². The van der Waals surface area contributed by atoms with E-state index in [0.29, 0.717) is 0 Å². The van der Waals surface area contributed by atoms with E-state index in [1.54, 1.807) is 0 Å². The summed E-state index contributed by atoms with van der Waals surface area (Å²) in [6, 6.07) is 46.4. The first-order chi connectivity index (χ1) is 21.4. The molecule has 0 bridgehead atoms. The molecule has 1 aliphatic rings. The number of hydrogen-bond acceptors (Lipinski definition) is 2. The number of benzene rings is 7. The van der Waals surface area contributed by atoms with E-state index in [4.69, 9.17) is 4.42 Å². The number of hydrogen-bond donors (Lipinski definition) is 0. The van der Waals surface area contributed by atoms with Crippen molar-refractivity contribution in [2.24, 2.45) is 0 Å². The highest BCUT2D eigenvalue weighted by molar-refractivity contribution is 7.27. The highest BCUT2D eigenvalue weighted by Crippen LogP contribution is 2.52. The molecule has 0 saturated carbocycles. The molecule has 10 aromatic rings.